The molecule has 5 N–H and O–H groups in total. The van der Waals surface area contributed by atoms with Crippen molar-refractivity contribution in [1.29, 1.82) is 0 Å². The molecule has 2 atom stereocenters. The molecule has 1 saturated heterocycles. The SMILES string of the molecule is COc1ccc(C(N)=O)cc1NC(=O)C1COCC1N. The Morgan fingerprint density at radius 1 is 1.40 bits per heavy atom. The number of ether oxygens (including phenoxy) is 2. The number of hydrogen-bond acceptors (Lipinski definition) is 5. The van der Waals surface area contributed by atoms with Crippen molar-refractivity contribution in [2.75, 3.05) is 25.6 Å². The summed E-state index contributed by atoms with van der Waals surface area (Å²) in [6.07, 6.45) is 0. The molecular formula is C13H17N3O4. The summed E-state index contributed by atoms with van der Waals surface area (Å²) in [5, 5.41) is 2.70. The number of amides is 2. The van der Waals surface area contributed by atoms with Crippen LogP contribution < -0.4 is 21.5 Å². The monoisotopic (exact) mass is 279 g/mol. The van der Waals surface area contributed by atoms with Crippen LogP contribution in [0.4, 0.5) is 5.69 Å². The molecule has 0 spiro atoms. The van der Waals surface area contributed by atoms with Crippen LogP contribution in [0.1, 0.15) is 10.4 Å². The quantitative estimate of drug-likeness (QED) is 0.700. The number of carbonyl (C=O) groups excluding carboxylic acids is 2. The van der Waals surface area contributed by atoms with Crippen LogP contribution in [0.5, 0.6) is 5.75 Å². The first-order chi connectivity index (χ1) is 9.52. The van der Waals surface area contributed by atoms with Gasteiger partial charge in [-0.15, -0.1) is 0 Å². The van der Waals surface area contributed by atoms with E-state index < -0.39 is 11.8 Å². The van der Waals surface area contributed by atoms with E-state index in [-0.39, 0.29) is 24.1 Å². The summed E-state index contributed by atoms with van der Waals surface area (Å²) in [5.74, 6) is -0.827. The van der Waals surface area contributed by atoms with Crippen LogP contribution in [-0.2, 0) is 9.53 Å². The fourth-order valence-electron chi connectivity index (χ4n) is 2.03. The van der Waals surface area contributed by atoms with E-state index in [2.05, 4.69) is 5.32 Å². The zero-order valence-corrected chi connectivity index (χ0v) is 11.1. The Bertz CT molecular complexity index is 532. The minimum Gasteiger partial charge on any atom is -0.495 e. The number of anilines is 1. The lowest BCUT2D eigenvalue weighted by atomic mass is 10.0. The molecule has 1 aromatic carbocycles. The first kappa shape index (κ1) is 14.3. The summed E-state index contributed by atoms with van der Waals surface area (Å²) < 4.78 is 10.3. The van der Waals surface area contributed by atoms with Crippen molar-refractivity contribution >= 4 is 17.5 Å². The van der Waals surface area contributed by atoms with Gasteiger partial charge in [-0.05, 0) is 18.2 Å². The number of hydrogen-bond donors (Lipinski definition) is 3. The van der Waals surface area contributed by atoms with Gasteiger partial charge < -0.3 is 26.3 Å². The minimum absolute atomic E-state index is 0.269. The predicted octanol–water partition coefficient (Wildman–Crippen LogP) is -0.294. The lowest BCUT2D eigenvalue weighted by molar-refractivity contribution is -0.120. The molecular weight excluding hydrogens is 262 g/mol. The fraction of sp³-hybridized carbons (Fsp3) is 0.385. The molecule has 1 aliphatic heterocycles. The second kappa shape index (κ2) is 5.89. The van der Waals surface area contributed by atoms with Gasteiger partial charge in [-0.2, -0.15) is 0 Å². The van der Waals surface area contributed by atoms with Crippen LogP contribution in [0, 0.1) is 5.92 Å². The Morgan fingerprint density at radius 3 is 2.70 bits per heavy atom. The summed E-state index contributed by atoms with van der Waals surface area (Å²) in [6.45, 7) is 0.640. The highest BCUT2D eigenvalue weighted by molar-refractivity contribution is 5.98. The lowest BCUT2D eigenvalue weighted by Gasteiger charge is -2.15. The summed E-state index contributed by atoms with van der Waals surface area (Å²) in [4.78, 5) is 23.3. The second-order valence-corrected chi connectivity index (χ2v) is 4.58. The van der Waals surface area contributed by atoms with Gasteiger partial charge in [0.2, 0.25) is 11.8 Å². The van der Waals surface area contributed by atoms with Crippen molar-refractivity contribution in [2.24, 2.45) is 17.4 Å². The Kier molecular flexibility index (Phi) is 4.21. The zero-order valence-electron chi connectivity index (χ0n) is 11.1. The molecule has 1 heterocycles. The summed E-state index contributed by atoms with van der Waals surface area (Å²) in [5.41, 5.74) is 11.7. The van der Waals surface area contributed by atoms with Gasteiger partial charge in [-0.1, -0.05) is 0 Å². The van der Waals surface area contributed by atoms with Crippen molar-refractivity contribution in [3.8, 4) is 5.75 Å². The molecule has 0 aromatic heterocycles. The van der Waals surface area contributed by atoms with E-state index >= 15 is 0 Å². The summed E-state index contributed by atoms with van der Waals surface area (Å²) in [6, 6.07) is 4.24. The topological polar surface area (TPSA) is 117 Å². The first-order valence-electron chi connectivity index (χ1n) is 6.15. The Labute approximate surface area is 116 Å². The molecule has 7 nitrogen and oxygen atoms in total. The van der Waals surface area contributed by atoms with E-state index in [1.165, 1.54) is 19.2 Å². The highest BCUT2D eigenvalue weighted by Gasteiger charge is 2.31. The van der Waals surface area contributed by atoms with E-state index in [1.54, 1.807) is 6.07 Å². The van der Waals surface area contributed by atoms with E-state index in [0.29, 0.717) is 18.0 Å². The third-order valence-electron chi connectivity index (χ3n) is 3.20. The summed E-state index contributed by atoms with van der Waals surface area (Å²) in [7, 11) is 1.47. The maximum Gasteiger partial charge on any atom is 0.248 e. The number of methoxy groups -OCH3 is 1. The molecule has 2 amide bonds. The maximum atomic E-state index is 12.1. The van der Waals surface area contributed by atoms with Gasteiger partial charge in [-0.25, -0.2) is 0 Å². The van der Waals surface area contributed by atoms with E-state index in [9.17, 15) is 9.59 Å². The number of nitrogens with one attached hydrogen (secondary N) is 1. The van der Waals surface area contributed by atoms with Crippen molar-refractivity contribution < 1.29 is 19.1 Å². The van der Waals surface area contributed by atoms with Crippen molar-refractivity contribution in [2.45, 2.75) is 6.04 Å². The molecule has 0 bridgehead atoms. The number of primary amides is 1. The standard InChI is InChI=1S/C13H17N3O4/c1-19-11-3-2-7(12(15)17)4-10(11)16-13(18)8-5-20-6-9(8)14/h2-4,8-9H,5-6,14H2,1H3,(H2,15,17)(H,16,18). The van der Waals surface area contributed by atoms with Gasteiger partial charge in [-0.3, -0.25) is 9.59 Å². The molecule has 0 saturated carbocycles. The Hall–Kier alpha value is -2.12. The summed E-state index contributed by atoms with van der Waals surface area (Å²) >= 11 is 0. The first-order valence-corrected chi connectivity index (χ1v) is 6.15. The molecule has 2 rings (SSSR count). The van der Waals surface area contributed by atoms with Crippen LogP contribution in [0.2, 0.25) is 0 Å². The number of carbonyl (C=O) groups is 2. The molecule has 1 aliphatic rings. The third-order valence-corrected chi connectivity index (χ3v) is 3.20. The molecule has 0 radical (unpaired) electrons. The predicted molar refractivity (Wildman–Crippen MR) is 72.4 cm³/mol. The Balaban J connectivity index is 2.20. The zero-order chi connectivity index (χ0) is 14.7. The second-order valence-electron chi connectivity index (χ2n) is 4.58. The van der Waals surface area contributed by atoms with Crippen LogP contribution in [0.15, 0.2) is 18.2 Å². The normalized spacial score (nSPS) is 21.5. The number of benzene rings is 1. The molecule has 108 valence electrons. The molecule has 20 heavy (non-hydrogen) atoms. The van der Waals surface area contributed by atoms with Gasteiger partial charge in [0.1, 0.15) is 5.75 Å². The average Bonchev–Trinajstić information content (AvgIpc) is 2.84. The van der Waals surface area contributed by atoms with Gasteiger partial charge in [0, 0.05) is 11.6 Å². The highest BCUT2D eigenvalue weighted by Crippen LogP contribution is 2.26. The Morgan fingerprint density at radius 2 is 2.15 bits per heavy atom. The average molecular weight is 279 g/mol. The minimum atomic E-state index is -0.580. The third kappa shape index (κ3) is 2.89. The van der Waals surface area contributed by atoms with Crippen LogP contribution in [0.3, 0.4) is 0 Å². The van der Waals surface area contributed by atoms with Gasteiger partial charge in [0.25, 0.3) is 0 Å². The number of nitrogens with two attached hydrogens (primary N) is 2. The van der Waals surface area contributed by atoms with Gasteiger partial charge >= 0.3 is 0 Å². The fourth-order valence-corrected chi connectivity index (χ4v) is 2.03. The van der Waals surface area contributed by atoms with Gasteiger partial charge in [0.05, 0.1) is 31.9 Å². The molecule has 1 aromatic rings. The van der Waals surface area contributed by atoms with E-state index in [1.807, 2.05) is 0 Å². The van der Waals surface area contributed by atoms with E-state index in [0.717, 1.165) is 0 Å². The van der Waals surface area contributed by atoms with Gasteiger partial charge in [0.15, 0.2) is 0 Å². The smallest absolute Gasteiger partial charge is 0.248 e. The molecule has 2 unspecified atom stereocenters. The molecule has 1 fully saturated rings. The lowest BCUT2D eigenvalue weighted by Crippen LogP contribution is -2.37. The van der Waals surface area contributed by atoms with Crippen molar-refractivity contribution in [1.82, 2.24) is 0 Å². The van der Waals surface area contributed by atoms with Crippen LogP contribution >= 0.6 is 0 Å². The van der Waals surface area contributed by atoms with E-state index in [4.69, 9.17) is 20.9 Å². The van der Waals surface area contributed by atoms with Crippen LogP contribution in [0.25, 0.3) is 0 Å². The number of rotatable bonds is 4. The highest BCUT2D eigenvalue weighted by atomic mass is 16.5. The van der Waals surface area contributed by atoms with Crippen molar-refractivity contribution in [3.63, 3.8) is 0 Å². The largest absolute Gasteiger partial charge is 0.495 e. The van der Waals surface area contributed by atoms with Crippen LogP contribution in [-0.4, -0.2) is 38.2 Å². The molecule has 7 heteroatoms. The maximum absolute atomic E-state index is 12.1. The van der Waals surface area contributed by atoms with Crippen molar-refractivity contribution in [3.05, 3.63) is 23.8 Å². The molecule has 0 aliphatic carbocycles.